The fourth-order valence-electron chi connectivity index (χ4n) is 1.71. The number of aliphatic hydroxyl groups excluding tert-OH is 1. The van der Waals surface area contributed by atoms with Gasteiger partial charge in [-0.3, -0.25) is 10.2 Å². The first kappa shape index (κ1) is 13.8. The molecule has 4 N–H and O–H groups in total. The summed E-state index contributed by atoms with van der Waals surface area (Å²) < 4.78 is 0. The van der Waals surface area contributed by atoms with Crippen LogP contribution in [0.4, 0.5) is 0 Å². The fourth-order valence-corrected chi connectivity index (χ4v) is 1.71. The Kier molecular flexibility index (Phi) is 5.22. The zero-order valence-electron chi connectivity index (χ0n) is 9.63. The van der Waals surface area contributed by atoms with Crippen molar-refractivity contribution >= 4 is 12.0 Å². The summed E-state index contributed by atoms with van der Waals surface area (Å²) in [6.07, 6.45) is 3.12. The van der Waals surface area contributed by atoms with Crippen molar-refractivity contribution < 1.29 is 9.90 Å². The molecule has 0 aliphatic heterocycles. The molecule has 0 radical (unpaired) electrons. The average Bonchev–Trinajstić information content (AvgIpc) is 2.18. The summed E-state index contributed by atoms with van der Waals surface area (Å²) in [5.41, 5.74) is 7.54. The lowest BCUT2D eigenvalue weighted by molar-refractivity contribution is -0.102. The molecule has 0 bridgehead atoms. The van der Waals surface area contributed by atoms with Crippen molar-refractivity contribution in [2.24, 2.45) is 11.1 Å². The maximum absolute atomic E-state index is 10.4. The SMILES string of the molecule is CC1(C)CCC(C(=N)C=O)=C(N)C1.CO. The Bertz CT molecular complexity index is 280. The predicted octanol–water partition coefficient (Wildman–Crippen LogP) is 1.24. The van der Waals surface area contributed by atoms with E-state index in [1.807, 2.05) is 0 Å². The molecule has 1 aliphatic carbocycles. The standard InChI is InChI=1S/C10H16N2O.CH4O/c1-10(2)4-3-7(8(11)5-10)9(12)6-13;1-2/h6,12H,3-5,11H2,1-2H3;2H,1H3. The number of carbonyl (C=O) groups is 1. The smallest absolute Gasteiger partial charge is 0.168 e. The minimum absolute atomic E-state index is 0.0491. The lowest BCUT2D eigenvalue weighted by atomic mass is 9.76. The van der Waals surface area contributed by atoms with Gasteiger partial charge in [-0.2, -0.15) is 0 Å². The fraction of sp³-hybridized carbons (Fsp3) is 0.636. The summed E-state index contributed by atoms with van der Waals surface area (Å²) in [5.74, 6) is 0. The molecule has 4 heteroatoms. The zero-order valence-corrected chi connectivity index (χ0v) is 9.63. The molecule has 1 aliphatic rings. The number of nitrogens with two attached hydrogens (primary N) is 1. The van der Waals surface area contributed by atoms with Gasteiger partial charge in [-0.25, -0.2) is 0 Å². The zero-order chi connectivity index (χ0) is 12.1. The van der Waals surface area contributed by atoms with Gasteiger partial charge < -0.3 is 10.8 Å². The molecule has 0 unspecified atom stereocenters. The Hall–Kier alpha value is -1.16. The van der Waals surface area contributed by atoms with E-state index in [1.54, 1.807) is 0 Å². The molecule has 0 fully saturated rings. The van der Waals surface area contributed by atoms with Crippen LogP contribution in [-0.4, -0.2) is 24.2 Å². The first-order valence-corrected chi connectivity index (χ1v) is 4.92. The molecule has 0 aromatic rings. The van der Waals surface area contributed by atoms with Crippen LogP contribution < -0.4 is 5.73 Å². The molecule has 0 aromatic heterocycles. The molecule has 0 atom stereocenters. The highest BCUT2D eigenvalue weighted by Crippen LogP contribution is 2.36. The Balaban J connectivity index is 0.000000921. The molecule has 0 saturated carbocycles. The Morgan fingerprint density at radius 2 is 2.07 bits per heavy atom. The molecule has 0 amide bonds. The highest BCUT2D eigenvalue weighted by molar-refractivity contribution is 6.34. The van der Waals surface area contributed by atoms with Crippen molar-refractivity contribution in [2.75, 3.05) is 7.11 Å². The van der Waals surface area contributed by atoms with Gasteiger partial charge in [0, 0.05) is 12.8 Å². The van der Waals surface area contributed by atoms with Crippen LogP contribution in [0.1, 0.15) is 33.1 Å². The normalized spacial score (nSPS) is 18.9. The summed E-state index contributed by atoms with van der Waals surface area (Å²) in [5, 5.41) is 14.4. The molecule has 0 heterocycles. The number of nitrogens with one attached hydrogen (secondary N) is 1. The second-order valence-corrected chi connectivity index (χ2v) is 4.38. The molecule has 0 spiro atoms. The van der Waals surface area contributed by atoms with Gasteiger partial charge in [-0.1, -0.05) is 13.8 Å². The number of hydrogen-bond donors (Lipinski definition) is 3. The Morgan fingerprint density at radius 1 is 1.53 bits per heavy atom. The van der Waals surface area contributed by atoms with E-state index in [0.717, 1.165) is 31.9 Å². The molecular formula is C11H20N2O2. The molecule has 1 rings (SSSR count). The van der Waals surface area contributed by atoms with Crippen LogP contribution in [0.25, 0.3) is 0 Å². The summed E-state index contributed by atoms with van der Waals surface area (Å²) in [6, 6.07) is 0. The third-order valence-corrected chi connectivity index (χ3v) is 2.55. The molecule has 86 valence electrons. The summed E-state index contributed by atoms with van der Waals surface area (Å²) in [4.78, 5) is 10.4. The number of rotatable bonds is 2. The van der Waals surface area contributed by atoms with Gasteiger partial charge in [0.2, 0.25) is 0 Å². The monoisotopic (exact) mass is 212 g/mol. The molecule has 0 saturated heterocycles. The summed E-state index contributed by atoms with van der Waals surface area (Å²) >= 11 is 0. The van der Waals surface area contributed by atoms with Gasteiger partial charge in [0.1, 0.15) is 0 Å². The average molecular weight is 212 g/mol. The Labute approximate surface area is 90.7 Å². The molecule has 0 aromatic carbocycles. The number of aldehydes is 1. The predicted molar refractivity (Wildman–Crippen MR) is 60.8 cm³/mol. The van der Waals surface area contributed by atoms with Gasteiger partial charge in [0.15, 0.2) is 6.29 Å². The maximum atomic E-state index is 10.4. The van der Waals surface area contributed by atoms with E-state index >= 15 is 0 Å². The van der Waals surface area contributed by atoms with Crippen LogP contribution in [-0.2, 0) is 4.79 Å². The van der Waals surface area contributed by atoms with Gasteiger partial charge in [-0.15, -0.1) is 0 Å². The van der Waals surface area contributed by atoms with Gasteiger partial charge in [0.25, 0.3) is 0 Å². The Morgan fingerprint density at radius 3 is 2.47 bits per heavy atom. The minimum atomic E-state index is 0.0491. The van der Waals surface area contributed by atoms with Crippen molar-refractivity contribution in [3.8, 4) is 0 Å². The van der Waals surface area contributed by atoms with Crippen LogP contribution in [0.15, 0.2) is 11.3 Å². The van der Waals surface area contributed by atoms with Crippen LogP contribution in [0, 0.1) is 10.8 Å². The third-order valence-electron chi connectivity index (χ3n) is 2.55. The largest absolute Gasteiger partial charge is 0.402 e. The second kappa shape index (κ2) is 5.66. The highest BCUT2D eigenvalue weighted by atomic mass is 16.2. The van der Waals surface area contributed by atoms with Gasteiger partial charge in [0.05, 0.1) is 5.71 Å². The van der Waals surface area contributed by atoms with E-state index in [9.17, 15) is 4.79 Å². The van der Waals surface area contributed by atoms with Crippen LogP contribution >= 0.6 is 0 Å². The summed E-state index contributed by atoms with van der Waals surface area (Å²) in [6.45, 7) is 4.31. The van der Waals surface area contributed by atoms with Crippen LogP contribution in [0.2, 0.25) is 0 Å². The van der Waals surface area contributed by atoms with E-state index < -0.39 is 0 Å². The van der Waals surface area contributed by atoms with E-state index in [1.165, 1.54) is 0 Å². The minimum Gasteiger partial charge on any atom is -0.402 e. The molecule has 15 heavy (non-hydrogen) atoms. The number of hydrogen-bond acceptors (Lipinski definition) is 4. The van der Waals surface area contributed by atoms with Crippen molar-refractivity contribution in [3.63, 3.8) is 0 Å². The van der Waals surface area contributed by atoms with Crippen molar-refractivity contribution in [1.29, 1.82) is 5.41 Å². The molecular weight excluding hydrogens is 192 g/mol. The van der Waals surface area contributed by atoms with E-state index in [0.29, 0.717) is 12.0 Å². The third kappa shape index (κ3) is 3.83. The van der Waals surface area contributed by atoms with Gasteiger partial charge in [-0.05, 0) is 30.3 Å². The van der Waals surface area contributed by atoms with Crippen LogP contribution in [0.5, 0.6) is 0 Å². The first-order chi connectivity index (χ1) is 6.96. The first-order valence-electron chi connectivity index (χ1n) is 4.92. The number of carbonyl (C=O) groups excluding carboxylic acids is 1. The van der Waals surface area contributed by atoms with Crippen LogP contribution in [0.3, 0.4) is 0 Å². The van der Waals surface area contributed by atoms with Gasteiger partial charge >= 0.3 is 0 Å². The van der Waals surface area contributed by atoms with E-state index in [-0.39, 0.29) is 11.1 Å². The topological polar surface area (TPSA) is 87.2 Å². The number of allylic oxidation sites excluding steroid dienone is 2. The van der Waals surface area contributed by atoms with Crippen molar-refractivity contribution in [2.45, 2.75) is 33.1 Å². The second-order valence-electron chi connectivity index (χ2n) is 4.38. The van der Waals surface area contributed by atoms with E-state index in [2.05, 4.69) is 13.8 Å². The highest BCUT2D eigenvalue weighted by Gasteiger charge is 2.26. The quantitative estimate of drug-likeness (QED) is 0.475. The van der Waals surface area contributed by atoms with E-state index in [4.69, 9.17) is 16.2 Å². The lowest BCUT2D eigenvalue weighted by Crippen LogP contribution is -2.25. The molecule has 4 nitrogen and oxygen atoms in total. The van der Waals surface area contributed by atoms with Crippen molar-refractivity contribution in [1.82, 2.24) is 0 Å². The van der Waals surface area contributed by atoms with Crippen molar-refractivity contribution in [3.05, 3.63) is 11.3 Å². The summed E-state index contributed by atoms with van der Waals surface area (Å²) in [7, 11) is 1.00. The maximum Gasteiger partial charge on any atom is 0.168 e. The number of aliphatic hydroxyl groups is 1. The lowest BCUT2D eigenvalue weighted by Gasteiger charge is -2.31.